The molecular weight excluding hydrogens is 473 g/mol. The van der Waals surface area contributed by atoms with E-state index in [1.54, 1.807) is 37.8 Å². The van der Waals surface area contributed by atoms with Gasteiger partial charge in [-0.15, -0.1) is 0 Å². The summed E-state index contributed by atoms with van der Waals surface area (Å²) in [7, 11) is 0. The van der Waals surface area contributed by atoms with Crippen molar-refractivity contribution in [1.29, 1.82) is 0 Å². The Morgan fingerprint density at radius 1 is 0.973 bits per heavy atom. The van der Waals surface area contributed by atoms with Gasteiger partial charge in [0.05, 0.1) is 17.6 Å². The van der Waals surface area contributed by atoms with Gasteiger partial charge in [-0.2, -0.15) is 5.10 Å². The number of carbonyl (C=O) groups excluding carboxylic acids is 1. The highest BCUT2D eigenvalue weighted by Gasteiger charge is 2.16. The Morgan fingerprint density at radius 2 is 1.84 bits per heavy atom. The zero-order valence-electron chi connectivity index (χ0n) is 19.6. The molecule has 0 spiro atoms. The van der Waals surface area contributed by atoms with Gasteiger partial charge in [0.2, 0.25) is 5.91 Å². The van der Waals surface area contributed by atoms with Gasteiger partial charge in [0, 0.05) is 53.0 Å². The molecule has 0 unspecified atom stereocenters. The fourth-order valence-corrected chi connectivity index (χ4v) is 4.32. The molecule has 6 rings (SSSR count). The smallest absolute Gasteiger partial charge is 0.224 e. The Kier molecular flexibility index (Phi) is 5.33. The lowest BCUT2D eigenvalue weighted by molar-refractivity contribution is -0.115. The number of benzene rings is 1. The molecule has 6 aromatic rings. The van der Waals surface area contributed by atoms with Gasteiger partial charge in [0.1, 0.15) is 22.9 Å². The number of phenols is 1. The summed E-state index contributed by atoms with van der Waals surface area (Å²) in [5.74, 6) is -0.772. The Hall–Kier alpha value is -5.12. The van der Waals surface area contributed by atoms with Crippen molar-refractivity contribution in [3.8, 4) is 39.4 Å². The monoisotopic (exact) mass is 493 g/mol. The topological polar surface area (TPSA) is 132 Å². The summed E-state index contributed by atoms with van der Waals surface area (Å²) in [6.45, 7) is 1.79. The molecule has 1 amide bonds. The third-order valence-electron chi connectivity index (χ3n) is 6.07. The summed E-state index contributed by atoms with van der Waals surface area (Å²) >= 11 is 0. The van der Waals surface area contributed by atoms with E-state index in [1.807, 2.05) is 18.2 Å². The summed E-state index contributed by atoms with van der Waals surface area (Å²) < 4.78 is 14.0. The fourth-order valence-electron chi connectivity index (χ4n) is 4.32. The van der Waals surface area contributed by atoms with Crippen molar-refractivity contribution in [3.05, 3.63) is 73.1 Å². The lowest BCUT2D eigenvalue weighted by atomic mass is 10.0. The summed E-state index contributed by atoms with van der Waals surface area (Å²) in [5.41, 5.74) is 5.99. The second-order valence-corrected chi connectivity index (χ2v) is 8.56. The van der Waals surface area contributed by atoms with Crippen molar-refractivity contribution in [1.82, 2.24) is 30.1 Å². The van der Waals surface area contributed by atoms with Crippen molar-refractivity contribution in [2.75, 3.05) is 5.32 Å². The first-order valence-corrected chi connectivity index (χ1v) is 11.6. The van der Waals surface area contributed by atoms with E-state index in [4.69, 9.17) is 0 Å². The highest BCUT2D eigenvalue weighted by atomic mass is 19.1. The Morgan fingerprint density at radius 3 is 2.68 bits per heavy atom. The van der Waals surface area contributed by atoms with Crippen LogP contribution in [0.1, 0.15) is 13.3 Å². The molecule has 9 nitrogen and oxygen atoms in total. The number of phenolic OH excluding ortho intramolecular Hbond substituents is 1. The number of pyridine rings is 3. The molecule has 0 atom stereocenters. The van der Waals surface area contributed by atoms with Crippen LogP contribution in [0.2, 0.25) is 0 Å². The van der Waals surface area contributed by atoms with Gasteiger partial charge in [-0.3, -0.25) is 14.9 Å². The largest absolute Gasteiger partial charge is 0.508 e. The predicted octanol–water partition coefficient (Wildman–Crippen LogP) is 5.42. The molecule has 0 bridgehead atoms. The number of nitrogens with one attached hydrogen (secondary N) is 3. The standard InChI is InChI=1S/C27H20FN7O2/c1-2-24(37)32-18-6-15(11-29-13-18)16-8-22-25(34-35-27(22)31-12-16)23-10-21-20(3-4-30-26(21)33-23)14-5-17(28)9-19(36)7-14/h3-13,36H,2H2,1H3,(H,30,33)(H,32,37)(H,31,34,35). The number of halogens is 1. The summed E-state index contributed by atoms with van der Waals surface area (Å²) in [6, 6.07) is 11.4. The minimum atomic E-state index is -0.527. The molecule has 0 saturated heterocycles. The first kappa shape index (κ1) is 22.4. The maximum atomic E-state index is 14.0. The zero-order chi connectivity index (χ0) is 25.5. The van der Waals surface area contributed by atoms with E-state index in [2.05, 4.69) is 35.5 Å². The van der Waals surface area contributed by atoms with Crippen LogP contribution in [-0.2, 0) is 4.79 Å². The average Bonchev–Trinajstić information content (AvgIpc) is 3.51. The molecule has 0 aliphatic rings. The molecule has 4 N–H and O–H groups in total. The Bertz CT molecular complexity index is 1790. The van der Waals surface area contributed by atoms with E-state index in [0.29, 0.717) is 40.4 Å². The van der Waals surface area contributed by atoms with E-state index in [1.165, 1.54) is 12.1 Å². The van der Waals surface area contributed by atoms with Crippen LogP contribution in [0.4, 0.5) is 10.1 Å². The van der Waals surface area contributed by atoms with Gasteiger partial charge in [0.25, 0.3) is 0 Å². The quantitative estimate of drug-likeness (QED) is 0.253. The predicted molar refractivity (Wildman–Crippen MR) is 138 cm³/mol. The number of anilines is 1. The molecule has 5 aromatic heterocycles. The SMILES string of the molecule is CCC(=O)Nc1cncc(-c2cnc3[nH]nc(-c4cc5c(-c6cc(O)cc(F)c6)ccnc5[nH]4)c3c2)c1. The maximum Gasteiger partial charge on any atom is 0.224 e. The second kappa shape index (κ2) is 8.83. The summed E-state index contributed by atoms with van der Waals surface area (Å²) in [5, 5.41) is 21.7. The molecular formula is C27H20FN7O2. The van der Waals surface area contributed by atoms with E-state index >= 15 is 0 Å². The molecule has 0 fully saturated rings. The lowest BCUT2D eigenvalue weighted by Gasteiger charge is -2.06. The van der Waals surface area contributed by atoms with Gasteiger partial charge in [-0.05, 0) is 47.5 Å². The van der Waals surface area contributed by atoms with Gasteiger partial charge >= 0.3 is 0 Å². The summed E-state index contributed by atoms with van der Waals surface area (Å²) in [4.78, 5) is 28.3. The number of aromatic hydroxyl groups is 1. The number of aromatic amines is 2. The highest BCUT2D eigenvalue weighted by molar-refractivity contribution is 6.00. The van der Waals surface area contributed by atoms with Crippen LogP contribution < -0.4 is 5.32 Å². The van der Waals surface area contributed by atoms with E-state index < -0.39 is 5.82 Å². The molecule has 0 aliphatic heterocycles. The number of fused-ring (bicyclic) bond motifs is 2. The third kappa shape index (κ3) is 4.14. The van der Waals surface area contributed by atoms with E-state index in [9.17, 15) is 14.3 Å². The van der Waals surface area contributed by atoms with Crippen LogP contribution in [-0.4, -0.2) is 41.1 Å². The average molecular weight is 494 g/mol. The normalized spacial score (nSPS) is 11.3. The number of aromatic nitrogens is 6. The molecule has 0 saturated carbocycles. The van der Waals surface area contributed by atoms with Gasteiger partial charge in [-0.25, -0.2) is 14.4 Å². The number of nitrogens with zero attached hydrogens (tertiary/aromatic N) is 4. The van der Waals surface area contributed by atoms with Gasteiger partial charge in [0.15, 0.2) is 5.65 Å². The highest BCUT2D eigenvalue weighted by Crippen LogP contribution is 2.35. The van der Waals surface area contributed by atoms with Crippen LogP contribution >= 0.6 is 0 Å². The van der Waals surface area contributed by atoms with Crippen LogP contribution in [0.3, 0.4) is 0 Å². The van der Waals surface area contributed by atoms with Gasteiger partial charge < -0.3 is 15.4 Å². The van der Waals surface area contributed by atoms with E-state index in [-0.39, 0.29) is 11.7 Å². The zero-order valence-corrected chi connectivity index (χ0v) is 19.6. The number of hydrogen-bond donors (Lipinski definition) is 4. The number of amides is 1. The molecule has 0 aliphatic carbocycles. The Labute approximate surface area is 209 Å². The maximum absolute atomic E-state index is 14.0. The second-order valence-electron chi connectivity index (χ2n) is 8.56. The fraction of sp³-hybridized carbons (Fsp3) is 0.0741. The minimum absolute atomic E-state index is 0.0927. The first-order valence-electron chi connectivity index (χ1n) is 11.6. The van der Waals surface area contributed by atoms with Crippen molar-refractivity contribution >= 4 is 33.7 Å². The van der Waals surface area contributed by atoms with Crippen molar-refractivity contribution in [2.45, 2.75) is 13.3 Å². The lowest BCUT2D eigenvalue weighted by Crippen LogP contribution is -2.09. The van der Waals surface area contributed by atoms with Gasteiger partial charge in [-0.1, -0.05) is 6.92 Å². The Balaban J connectivity index is 1.43. The summed E-state index contributed by atoms with van der Waals surface area (Å²) in [6.07, 6.45) is 7.02. The number of hydrogen-bond acceptors (Lipinski definition) is 6. The number of rotatable bonds is 5. The van der Waals surface area contributed by atoms with Crippen molar-refractivity contribution < 1.29 is 14.3 Å². The number of carbonyl (C=O) groups is 1. The third-order valence-corrected chi connectivity index (χ3v) is 6.07. The van der Waals surface area contributed by atoms with E-state index in [0.717, 1.165) is 33.5 Å². The van der Waals surface area contributed by atoms with Crippen LogP contribution in [0.15, 0.2) is 67.3 Å². The molecule has 37 heavy (non-hydrogen) atoms. The molecule has 182 valence electrons. The molecule has 10 heteroatoms. The minimum Gasteiger partial charge on any atom is -0.508 e. The van der Waals surface area contributed by atoms with Crippen molar-refractivity contribution in [2.24, 2.45) is 0 Å². The van der Waals surface area contributed by atoms with Crippen LogP contribution in [0, 0.1) is 5.82 Å². The van der Waals surface area contributed by atoms with Crippen molar-refractivity contribution in [3.63, 3.8) is 0 Å². The molecule has 0 radical (unpaired) electrons. The first-order chi connectivity index (χ1) is 18.0. The molecule has 1 aromatic carbocycles. The molecule has 5 heterocycles. The van der Waals surface area contributed by atoms with Crippen LogP contribution in [0.25, 0.3) is 55.7 Å². The number of H-pyrrole nitrogens is 2. The van der Waals surface area contributed by atoms with Crippen LogP contribution in [0.5, 0.6) is 5.75 Å².